The van der Waals surface area contributed by atoms with Crippen LogP contribution >= 0.6 is 0 Å². The quantitative estimate of drug-likeness (QED) is 0.232. The van der Waals surface area contributed by atoms with Crippen molar-refractivity contribution in [3.05, 3.63) is 125 Å². The molecule has 4 atom stereocenters. The summed E-state index contributed by atoms with van der Waals surface area (Å²) in [6.45, 7) is 5.84. The van der Waals surface area contributed by atoms with Gasteiger partial charge in [-0.05, 0) is 59.1 Å². The van der Waals surface area contributed by atoms with E-state index in [1.807, 2.05) is 60.8 Å². The van der Waals surface area contributed by atoms with E-state index < -0.39 is 6.29 Å². The number of nitrogens with one attached hydrogen (secondary N) is 1. The molecule has 7 heteroatoms. The van der Waals surface area contributed by atoms with Gasteiger partial charge in [-0.3, -0.25) is 9.78 Å². The third-order valence-corrected chi connectivity index (χ3v) is 8.05. The molecule has 0 aliphatic carbocycles. The van der Waals surface area contributed by atoms with Crippen LogP contribution in [0.15, 0.2) is 97.2 Å². The third kappa shape index (κ3) is 8.15. The first kappa shape index (κ1) is 30.6. The van der Waals surface area contributed by atoms with E-state index in [9.17, 15) is 9.90 Å². The van der Waals surface area contributed by atoms with Gasteiger partial charge in [0.2, 0.25) is 5.91 Å². The van der Waals surface area contributed by atoms with E-state index in [0.717, 1.165) is 58.6 Å². The predicted molar refractivity (Wildman–Crippen MR) is 168 cm³/mol. The van der Waals surface area contributed by atoms with Crippen LogP contribution < -0.4 is 5.32 Å². The van der Waals surface area contributed by atoms with Crippen LogP contribution in [-0.2, 0) is 33.8 Å². The molecule has 1 aliphatic heterocycles. The normalized spacial score (nSPS) is 20.2. The lowest BCUT2D eigenvalue weighted by Gasteiger charge is -2.42. The molecule has 0 spiro atoms. The Hall–Kier alpha value is -3.88. The summed E-state index contributed by atoms with van der Waals surface area (Å²) in [6, 6.07) is 30.5. The summed E-state index contributed by atoms with van der Waals surface area (Å²) in [5, 5.41) is 12.4. The zero-order valence-electron chi connectivity index (χ0n) is 25.1. The molecule has 3 aromatic carbocycles. The predicted octanol–water partition coefficient (Wildman–Crippen LogP) is 5.84. The molecular formula is C36H41N3O4. The smallest absolute Gasteiger partial charge is 0.217 e. The first-order valence-corrected chi connectivity index (χ1v) is 14.9. The fourth-order valence-electron chi connectivity index (χ4n) is 5.53. The van der Waals surface area contributed by atoms with Crippen molar-refractivity contribution in [2.45, 2.75) is 51.9 Å². The van der Waals surface area contributed by atoms with Crippen LogP contribution in [-0.4, -0.2) is 47.1 Å². The van der Waals surface area contributed by atoms with Gasteiger partial charge in [-0.2, -0.15) is 0 Å². The van der Waals surface area contributed by atoms with Gasteiger partial charge >= 0.3 is 0 Å². The van der Waals surface area contributed by atoms with E-state index in [0.29, 0.717) is 6.54 Å². The Labute approximate surface area is 254 Å². The van der Waals surface area contributed by atoms with Crippen molar-refractivity contribution in [1.29, 1.82) is 0 Å². The Kier molecular flexibility index (Phi) is 10.3. The average Bonchev–Trinajstić information content (AvgIpc) is 3.04. The van der Waals surface area contributed by atoms with Crippen LogP contribution in [0.2, 0.25) is 0 Å². The highest BCUT2D eigenvalue weighted by Crippen LogP contribution is 2.42. The summed E-state index contributed by atoms with van der Waals surface area (Å²) < 4.78 is 13.4. The Morgan fingerprint density at radius 1 is 0.907 bits per heavy atom. The van der Waals surface area contributed by atoms with E-state index in [4.69, 9.17) is 9.47 Å². The zero-order chi connectivity index (χ0) is 30.2. The summed E-state index contributed by atoms with van der Waals surface area (Å²) in [7, 11) is 2.13. The van der Waals surface area contributed by atoms with E-state index in [1.54, 1.807) is 0 Å². The molecule has 1 fully saturated rings. The molecule has 0 unspecified atom stereocenters. The molecule has 1 saturated heterocycles. The van der Waals surface area contributed by atoms with Gasteiger partial charge in [0, 0.05) is 56.4 Å². The van der Waals surface area contributed by atoms with Gasteiger partial charge in [-0.25, -0.2) is 0 Å². The van der Waals surface area contributed by atoms with Crippen LogP contribution in [0.3, 0.4) is 0 Å². The number of pyridine rings is 1. The van der Waals surface area contributed by atoms with Gasteiger partial charge < -0.3 is 24.8 Å². The number of carbonyl (C=O) groups is 1. The topological polar surface area (TPSA) is 83.9 Å². The molecule has 5 rings (SSSR count). The van der Waals surface area contributed by atoms with Crippen molar-refractivity contribution < 1.29 is 19.4 Å². The molecular weight excluding hydrogens is 538 g/mol. The van der Waals surface area contributed by atoms with Gasteiger partial charge in [-0.15, -0.1) is 0 Å². The molecule has 2 heterocycles. The number of hydrogen-bond donors (Lipinski definition) is 2. The first-order valence-electron chi connectivity index (χ1n) is 14.9. The first-order chi connectivity index (χ1) is 20.9. The van der Waals surface area contributed by atoms with Crippen LogP contribution in [0.1, 0.15) is 54.2 Å². The highest BCUT2D eigenvalue weighted by atomic mass is 16.7. The summed E-state index contributed by atoms with van der Waals surface area (Å²) >= 11 is 0. The van der Waals surface area contributed by atoms with E-state index >= 15 is 0 Å². The van der Waals surface area contributed by atoms with Crippen molar-refractivity contribution in [1.82, 2.24) is 15.2 Å². The average molecular weight is 580 g/mol. The maximum absolute atomic E-state index is 11.4. The van der Waals surface area contributed by atoms with Gasteiger partial charge in [0.05, 0.1) is 18.8 Å². The second-order valence-corrected chi connectivity index (χ2v) is 11.4. The molecule has 224 valence electrons. The van der Waals surface area contributed by atoms with Gasteiger partial charge in [0.1, 0.15) is 0 Å². The third-order valence-electron chi connectivity index (χ3n) is 8.05. The molecule has 1 amide bonds. The number of ether oxygens (including phenoxy) is 2. The molecule has 4 aromatic rings. The standard InChI is InChI=1S/C36H41N3O4/c1-25-34(23-39(3)19-17-33-12-4-5-18-37-33)42-36(43-35(25)29-15-13-27(24-40)14-16-29)32-11-7-10-31(21-32)30-9-6-8-28(20-30)22-38-26(2)41/h4-16,18,20-21,25,34-36,40H,17,19,22-24H2,1-3H3,(H,38,41)/t25-,34+,35+,36+/m0/s1. The number of nitrogens with zero attached hydrogens (tertiary/aromatic N) is 2. The number of aromatic nitrogens is 1. The number of benzene rings is 3. The SMILES string of the molecule is CC(=O)NCc1cccc(-c2cccc([C@@H]3O[C@H](CN(C)CCc4ccccn4)[C@H](C)[C@H](c4ccc(CO)cc4)O3)c2)c1. The second kappa shape index (κ2) is 14.5. The fourth-order valence-corrected chi connectivity index (χ4v) is 5.53. The largest absolute Gasteiger partial charge is 0.392 e. The van der Waals surface area contributed by atoms with E-state index in [-0.39, 0.29) is 30.6 Å². The number of amides is 1. The molecule has 0 bridgehead atoms. The Bertz CT molecular complexity index is 1480. The van der Waals surface area contributed by atoms with Crippen molar-refractivity contribution in [3.8, 4) is 11.1 Å². The molecule has 1 aliphatic rings. The monoisotopic (exact) mass is 579 g/mol. The number of aliphatic hydroxyl groups is 1. The lowest BCUT2D eigenvalue weighted by Crippen LogP contribution is -2.43. The number of aliphatic hydroxyl groups excluding tert-OH is 1. The minimum absolute atomic E-state index is 0.00952. The van der Waals surface area contributed by atoms with Crippen LogP contribution in [0.25, 0.3) is 11.1 Å². The van der Waals surface area contributed by atoms with Crippen molar-refractivity contribution >= 4 is 5.91 Å². The van der Waals surface area contributed by atoms with Gasteiger partial charge in [-0.1, -0.05) is 73.7 Å². The molecule has 43 heavy (non-hydrogen) atoms. The maximum atomic E-state index is 11.4. The Balaban J connectivity index is 1.38. The summed E-state index contributed by atoms with van der Waals surface area (Å²) in [4.78, 5) is 18.2. The lowest BCUT2D eigenvalue weighted by molar-refractivity contribution is -0.275. The number of hydrogen-bond acceptors (Lipinski definition) is 6. The minimum atomic E-state index is -0.546. The molecule has 2 N–H and O–H groups in total. The maximum Gasteiger partial charge on any atom is 0.217 e. The molecule has 0 radical (unpaired) electrons. The summed E-state index contributed by atoms with van der Waals surface area (Å²) in [5.74, 6) is 0.0490. The number of carbonyl (C=O) groups excluding carboxylic acids is 1. The van der Waals surface area contributed by atoms with Crippen molar-refractivity contribution in [2.24, 2.45) is 5.92 Å². The molecule has 7 nitrogen and oxygen atoms in total. The fraction of sp³-hybridized carbons (Fsp3) is 0.333. The lowest BCUT2D eigenvalue weighted by atomic mass is 9.90. The molecule has 0 saturated carbocycles. The van der Waals surface area contributed by atoms with Crippen LogP contribution in [0, 0.1) is 5.92 Å². The highest BCUT2D eigenvalue weighted by Gasteiger charge is 2.38. The van der Waals surface area contributed by atoms with E-state index in [2.05, 4.69) is 65.6 Å². The minimum Gasteiger partial charge on any atom is -0.392 e. The number of rotatable bonds is 11. The van der Waals surface area contributed by atoms with Gasteiger partial charge in [0.15, 0.2) is 6.29 Å². The Morgan fingerprint density at radius 3 is 2.40 bits per heavy atom. The van der Waals surface area contributed by atoms with Crippen molar-refractivity contribution in [2.75, 3.05) is 20.1 Å². The number of likely N-dealkylation sites (N-methyl/N-ethyl adjacent to an activating group) is 1. The zero-order valence-corrected chi connectivity index (χ0v) is 25.1. The van der Waals surface area contributed by atoms with Crippen LogP contribution in [0.5, 0.6) is 0 Å². The molecule has 1 aromatic heterocycles. The summed E-state index contributed by atoms with van der Waals surface area (Å²) in [6.07, 6.45) is 1.91. The van der Waals surface area contributed by atoms with Crippen molar-refractivity contribution in [3.63, 3.8) is 0 Å². The second-order valence-electron chi connectivity index (χ2n) is 11.4. The Morgan fingerprint density at radius 2 is 1.67 bits per heavy atom. The summed E-state index contributed by atoms with van der Waals surface area (Å²) in [5.41, 5.74) is 7.14. The highest BCUT2D eigenvalue weighted by molar-refractivity contribution is 5.73. The van der Waals surface area contributed by atoms with Crippen LogP contribution in [0.4, 0.5) is 0 Å². The van der Waals surface area contributed by atoms with Gasteiger partial charge in [0.25, 0.3) is 0 Å². The van der Waals surface area contributed by atoms with E-state index in [1.165, 1.54) is 6.92 Å².